The van der Waals surface area contributed by atoms with Crippen LogP contribution in [0.4, 0.5) is 5.69 Å². The number of pyridine rings is 1. The fourth-order valence-electron chi connectivity index (χ4n) is 5.71. The number of rotatable bonds is 2. The average Bonchev–Trinajstić information content (AvgIpc) is 3.44. The molecule has 3 atom stereocenters. The second-order valence-electron chi connectivity index (χ2n) is 9.04. The summed E-state index contributed by atoms with van der Waals surface area (Å²) in [6.45, 7) is 0. The summed E-state index contributed by atoms with van der Waals surface area (Å²) in [5, 5.41) is 11.7. The largest absolute Gasteiger partial charge is 0.456 e. The first-order valence-corrected chi connectivity index (χ1v) is 11.6. The molecule has 0 radical (unpaired) electrons. The molecule has 0 N–H and O–H groups in total. The van der Waals surface area contributed by atoms with E-state index in [1.165, 1.54) is 27.7 Å². The quantitative estimate of drug-likeness (QED) is 0.342. The number of benzene rings is 2. The van der Waals surface area contributed by atoms with Gasteiger partial charge in [0.05, 0.1) is 17.7 Å². The van der Waals surface area contributed by atoms with Crippen LogP contribution in [0.1, 0.15) is 35.1 Å². The molecule has 162 valence electrons. The molecular formula is C30H21N3O. The van der Waals surface area contributed by atoms with Crippen LogP contribution in [0.15, 0.2) is 107 Å². The number of fused-ring (bicyclic) bond motifs is 7. The van der Waals surface area contributed by atoms with Crippen LogP contribution < -0.4 is 4.90 Å². The fourth-order valence-corrected chi connectivity index (χ4v) is 5.71. The summed E-state index contributed by atoms with van der Waals surface area (Å²) in [7, 11) is 0. The molecule has 3 aliphatic rings. The van der Waals surface area contributed by atoms with Crippen molar-refractivity contribution < 1.29 is 4.42 Å². The van der Waals surface area contributed by atoms with Crippen molar-refractivity contribution in [2.45, 2.75) is 24.3 Å². The predicted octanol–water partition coefficient (Wildman–Crippen LogP) is 6.88. The summed E-state index contributed by atoms with van der Waals surface area (Å²) in [4.78, 5) is 7.04. The standard InChI is InChI=1S/C30H21N3O/c31-18-19-14-15-32-24(16-19)20-6-5-7-21(17-20)33-25-10-3-1-8-22(25)29-26(33)12-13-28-30(29)23-9-2-4-11-27(23)34-28/h1-5,7-17,20,22,25H,6H2. The van der Waals surface area contributed by atoms with Gasteiger partial charge in [-0.25, -0.2) is 0 Å². The first-order valence-electron chi connectivity index (χ1n) is 11.6. The first-order chi connectivity index (χ1) is 16.8. The molecule has 0 fully saturated rings. The number of furan rings is 1. The van der Waals surface area contributed by atoms with E-state index in [2.05, 4.69) is 82.8 Å². The van der Waals surface area contributed by atoms with Crippen LogP contribution in [0.5, 0.6) is 0 Å². The number of anilines is 1. The predicted molar refractivity (Wildman–Crippen MR) is 135 cm³/mol. The maximum atomic E-state index is 9.33. The zero-order valence-electron chi connectivity index (χ0n) is 18.4. The lowest BCUT2D eigenvalue weighted by Crippen LogP contribution is -2.32. The van der Waals surface area contributed by atoms with Crippen molar-refractivity contribution in [2.75, 3.05) is 4.90 Å². The Bertz CT molecular complexity index is 1630. The molecule has 7 rings (SSSR count). The lowest BCUT2D eigenvalue weighted by atomic mass is 9.88. The Kier molecular flexibility index (Phi) is 4.13. The van der Waals surface area contributed by atoms with Gasteiger partial charge in [0.15, 0.2) is 0 Å². The average molecular weight is 440 g/mol. The van der Waals surface area contributed by atoms with E-state index in [0.717, 1.165) is 23.3 Å². The van der Waals surface area contributed by atoms with Crippen molar-refractivity contribution in [1.29, 1.82) is 5.26 Å². The van der Waals surface area contributed by atoms with Gasteiger partial charge in [0, 0.05) is 45.9 Å². The van der Waals surface area contributed by atoms with Crippen molar-refractivity contribution in [3.05, 3.63) is 120 Å². The van der Waals surface area contributed by atoms with E-state index in [-0.39, 0.29) is 17.9 Å². The van der Waals surface area contributed by atoms with E-state index in [4.69, 9.17) is 4.42 Å². The molecular weight excluding hydrogens is 418 g/mol. The van der Waals surface area contributed by atoms with Gasteiger partial charge in [-0.1, -0.05) is 54.7 Å². The summed E-state index contributed by atoms with van der Waals surface area (Å²) in [6.07, 6.45) is 18.3. The molecule has 4 heteroatoms. The highest BCUT2D eigenvalue weighted by Crippen LogP contribution is 2.51. The van der Waals surface area contributed by atoms with Gasteiger partial charge in [0.25, 0.3) is 0 Å². The maximum absolute atomic E-state index is 9.33. The highest BCUT2D eigenvalue weighted by Gasteiger charge is 2.40. The number of allylic oxidation sites excluding steroid dienone is 5. The zero-order valence-corrected chi connectivity index (χ0v) is 18.4. The Morgan fingerprint density at radius 2 is 1.94 bits per heavy atom. The molecule has 4 aromatic rings. The third-order valence-corrected chi connectivity index (χ3v) is 7.18. The van der Waals surface area contributed by atoms with Crippen LogP contribution in [0.3, 0.4) is 0 Å². The number of nitriles is 1. The van der Waals surface area contributed by atoms with Gasteiger partial charge in [-0.3, -0.25) is 4.98 Å². The summed E-state index contributed by atoms with van der Waals surface area (Å²) in [5.41, 5.74) is 7.17. The maximum Gasteiger partial charge on any atom is 0.135 e. The van der Waals surface area contributed by atoms with E-state index in [1.54, 1.807) is 12.3 Å². The van der Waals surface area contributed by atoms with E-state index in [0.29, 0.717) is 5.56 Å². The molecule has 0 saturated heterocycles. The van der Waals surface area contributed by atoms with E-state index in [9.17, 15) is 5.26 Å². The molecule has 0 spiro atoms. The van der Waals surface area contributed by atoms with Crippen molar-refractivity contribution >= 4 is 27.6 Å². The van der Waals surface area contributed by atoms with Gasteiger partial charge in [-0.05, 0) is 48.4 Å². The highest BCUT2D eigenvalue weighted by molar-refractivity contribution is 6.09. The zero-order chi connectivity index (χ0) is 22.6. The second kappa shape index (κ2) is 7.33. The molecule has 3 heterocycles. The Labute approximate surface area is 197 Å². The summed E-state index contributed by atoms with van der Waals surface area (Å²) in [5.74, 6) is 0.386. The molecule has 1 aliphatic heterocycles. The summed E-state index contributed by atoms with van der Waals surface area (Å²) >= 11 is 0. The molecule has 2 aromatic carbocycles. The van der Waals surface area contributed by atoms with Crippen molar-refractivity contribution in [1.82, 2.24) is 4.98 Å². The Morgan fingerprint density at radius 1 is 1.03 bits per heavy atom. The molecule has 2 aliphatic carbocycles. The lowest BCUT2D eigenvalue weighted by molar-refractivity contribution is 0.668. The third kappa shape index (κ3) is 2.74. The lowest BCUT2D eigenvalue weighted by Gasteiger charge is -2.31. The first kappa shape index (κ1) is 19.1. The fraction of sp³-hybridized carbons (Fsp3) is 0.133. The minimum absolute atomic E-state index is 0.136. The van der Waals surface area contributed by atoms with Crippen LogP contribution in [-0.4, -0.2) is 11.0 Å². The molecule has 0 bridgehead atoms. The number of aromatic nitrogens is 1. The number of hydrogen-bond acceptors (Lipinski definition) is 4. The van der Waals surface area contributed by atoms with Crippen molar-refractivity contribution in [3.63, 3.8) is 0 Å². The van der Waals surface area contributed by atoms with E-state index >= 15 is 0 Å². The normalized spacial score (nSPS) is 22.6. The van der Waals surface area contributed by atoms with Gasteiger partial charge >= 0.3 is 0 Å². The monoisotopic (exact) mass is 439 g/mol. The Hall–Kier alpha value is -4.36. The molecule has 0 amide bonds. The SMILES string of the molecule is N#Cc1ccnc(C2C=C(N3c4ccc5oc6ccccc6c5c4C4C=CC=CC43)C=CC2)c1. The molecule has 2 aromatic heterocycles. The number of nitrogens with zero attached hydrogens (tertiary/aromatic N) is 3. The minimum Gasteiger partial charge on any atom is -0.456 e. The molecule has 3 unspecified atom stereocenters. The summed E-state index contributed by atoms with van der Waals surface area (Å²) < 4.78 is 6.21. The minimum atomic E-state index is 0.136. The Morgan fingerprint density at radius 3 is 2.88 bits per heavy atom. The molecule has 34 heavy (non-hydrogen) atoms. The molecule has 0 saturated carbocycles. The highest BCUT2D eigenvalue weighted by atomic mass is 16.3. The summed E-state index contributed by atoms with van der Waals surface area (Å²) in [6, 6.07) is 18.7. The van der Waals surface area contributed by atoms with Crippen LogP contribution in [0.2, 0.25) is 0 Å². The van der Waals surface area contributed by atoms with Crippen LogP contribution >= 0.6 is 0 Å². The van der Waals surface area contributed by atoms with Crippen LogP contribution in [-0.2, 0) is 0 Å². The number of hydrogen-bond donors (Lipinski definition) is 0. The van der Waals surface area contributed by atoms with Gasteiger partial charge < -0.3 is 9.32 Å². The number of para-hydroxylation sites is 1. The topological polar surface area (TPSA) is 53.1 Å². The third-order valence-electron chi connectivity index (χ3n) is 7.18. The van der Waals surface area contributed by atoms with E-state index < -0.39 is 0 Å². The van der Waals surface area contributed by atoms with Gasteiger partial charge in [-0.15, -0.1) is 0 Å². The second-order valence-corrected chi connectivity index (χ2v) is 9.04. The smallest absolute Gasteiger partial charge is 0.135 e. The van der Waals surface area contributed by atoms with Crippen molar-refractivity contribution in [3.8, 4) is 6.07 Å². The van der Waals surface area contributed by atoms with Crippen molar-refractivity contribution in [2.24, 2.45) is 0 Å². The van der Waals surface area contributed by atoms with Crippen LogP contribution in [0, 0.1) is 11.3 Å². The van der Waals surface area contributed by atoms with E-state index in [1.807, 2.05) is 18.2 Å². The van der Waals surface area contributed by atoms with Gasteiger partial charge in [0.1, 0.15) is 11.2 Å². The van der Waals surface area contributed by atoms with Crippen LogP contribution in [0.25, 0.3) is 21.9 Å². The van der Waals surface area contributed by atoms with Gasteiger partial charge in [-0.2, -0.15) is 5.26 Å². The van der Waals surface area contributed by atoms with Gasteiger partial charge in [0.2, 0.25) is 0 Å². The Balaban J connectivity index is 1.41. The molecule has 4 nitrogen and oxygen atoms in total.